The van der Waals surface area contributed by atoms with Crippen molar-refractivity contribution in [3.05, 3.63) is 45.1 Å². The third-order valence-electron chi connectivity index (χ3n) is 6.42. The SMILES string of the molecule is O=C(CCC1CCCC1)N1CCN(C(=O)Cn2c(=O)[nH]c(=O)c3ccccc32)CC1. The molecule has 0 spiro atoms. The van der Waals surface area contributed by atoms with Crippen molar-refractivity contribution >= 4 is 22.7 Å². The Morgan fingerprint density at radius 2 is 1.57 bits per heavy atom. The van der Waals surface area contributed by atoms with Crippen LogP contribution in [0.1, 0.15) is 38.5 Å². The van der Waals surface area contributed by atoms with Gasteiger partial charge in [0, 0.05) is 32.6 Å². The van der Waals surface area contributed by atoms with E-state index < -0.39 is 11.2 Å². The molecule has 2 heterocycles. The summed E-state index contributed by atoms with van der Waals surface area (Å²) in [7, 11) is 0. The molecule has 0 bridgehead atoms. The standard InChI is InChI=1S/C22H28N4O4/c27-19(10-9-16-5-1-2-6-16)24-11-13-25(14-12-24)20(28)15-26-18-8-4-3-7-17(18)21(29)23-22(26)30/h3-4,7-8,16H,1-2,5-6,9-15H2,(H,23,29,30). The van der Waals surface area contributed by atoms with E-state index >= 15 is 0 Å². The van der Waals surface area contributed by atoms with Gasteiger partial charge in [0.2, 0.25) is 11.8 Å². The van der Waals surface area contributed by atoms with Gasteiger partial charge in [-0.1, -0.05) is 37.8 Å². The first kappa shape index (κ1) is 20.4. The Bertz CT molecular complexity index is 1040. The van der Waals surface area contributed by atoms with Gasteiger partial charge in [-0.05, 0) is 24.5 Å². The number of benzene rings is 1. The van der Waals surface area contributed by atoms with Gasteiger partial charge in [-0.25, -0.2) is 4.79 Å². The van der Waals surface area contributed by atoms with Crippen LogP contribution in [0.4, 0.5) is 0 Å². The van der Waals surface area contributed by atoms with Gasteiger partial charge >= 0.3 is 5.69 Å². The third-order valence-corrected chi connectivity index (χ3v) is 6.42. The van der Waals surface area contributed by atoms with Crippen LogP contribution in [0, 0.1) is 5.92 Å². The minimum Gasteiger partial charge on any atom is -0.339 e. The molecular weight excluding hydrogens is 384 g/mol. The second kappa shape index (κ2) is 8.85. The number of hydrogen-bond acceptors (Lipinski definition) is 4. The lowest BCUT2D eigenvalue weighted by Gasteiger charge is -2.35. The fourth-order valence-electron chi connectivity index (χ4n) is 4.62. The van der Waals surface area contributed by atoms with E-state index in [1.54, 1.807) is 29.2 Å². The predicted molar refractivity (Wildman–Crippen MR) is 113 cm³/mol. The van der Waals surface area contributed by atoms with Gasteiger partial charge < -0.3 is 9.80 Å². The molecule has 1 saturated carbocycles. The number of rotatable bonds is 5. The van der Waals surface area contributed by atoms with E-state index in [9.17, 15) is 19.2 Å². The molecule has 1 saturated heterocycles. The molecule has 0 radical (unpaired) electrons. The van der Waals surface area contributed by atoms with Crippen molar-refractivity contribution in [2.45, 2.75) is 45.1 Å². The predicted octanol–water partition coefficient (Wildman–Crippen LogP) is 1.33. The van der Waals surface area contributed by atoms with Crippen LogP contribution in [0.2, 0.25) is 0 Å². The molecule has 1 aromatic heterocycles. The number of amides is 2. The van der Waals surface area contributed by atoms with Crippen LogP contribution >= 0.6 is 0 Å². The number of carbonyl (C=O) groups is 2. The zero-order valence-electron chi connectivity index (χ0n) is 17.1. The van der Waals surface area contributed by atoms with Crippen LogP contribution in [-0.2, 0) is 16.1 Å². The Balaban J connectivity index is 1.35. The minimum absolute atomic E-state index is 0.133. The smallest absolute Gasteiger partial charge is 0.329 e. The Labute approximate surface area is 174 Å². The van der Waals surface area contributed by atoms with Crippen LogP contribution in [0.5, 0.6) is 0 Å². The van der Waals surface area contributed by atoms with Crippen LogP contribution in [0.25, 0.3) is 10.9 Å². The summed E-state index contributed by atoms with van der Waals surface area (Å²) in [5.74, 6) is 0.687. The maximum atomic E-state index is 12.8. The molecule has 1 aliphatic heterocycles. The monoisotopic (exact) mass is 412 g/mol. The maximum Gasteiger partial charge on any atom is 0.329 e. The molecule has 2 aromatic rings. The summed E-state index contributed by atoms with van der Waals surface area (Å²) in [5, 5.41) is 0.377. The quantitative estimate of drug-likeness (QED) is 0.801. The number of H-pyrrole nitrogens is 1. The van der Waals surface area contributed by atoms with E-state index in [-0.39, 0.29) is 18.4 Å². The van der Waals surface area contributed by atoms with Crippen molar-refractivity contribution < 1.29 is 9.59 Å². The minimum atomic E-state index is -0.590. The molecule has 1 aromatic carbocycles. The van der Waals surface area contributed by atoms with Crippen molar-refractivity contribution in [2.24, 2.45) is 5.92 Å². The average molecular weight is 412 g/mol. The molecule has 8 nitrogen and oxygen atoms in total. The summed E-state index contributed by atoms with van der Waals surface area (Å²) < 4.78 is 1.30. The van der Waals surface area contributed by atoms with Crippen molar-refractivity contribution in [1.29, 1.82) is 0 Å². The van der Waals surface area contributed by atoms with Gasteiger partial charge in [0.05, 0.1) is 10.9 Å². The molecule has 1 N–H and O–H groups in total. The largest absolute Gasteiger partial charge is 0.339 e. The van der Waals surface area contributed by atoms with Gasteiger partial charge in [0.1, 0.15) is 6.54 Å². The summed E-state index contributed by atoms with van der Waals surface area (Å²) in [6.07, 6.45) is 6.63. The molecule has 2 fully saturated rings. The van der Waals surface area contributed by atoms with Gasteiger partial charge in [-0.3, -0.25) is 23.9 Å². The third kappa shape index (κ3) is 4.32. The van der Waals surface area contributed by atoms with E-state index in [0.717, 1.165) is 6.42 Å². The van der Waals surface area contributed by atoms with E-state index in [0.29, 0.717) is 49.4 Å². The zero-order valence-corrected chi connectivity index (χ0v) is 17.1. The van der Waals surface area contributed by atoms with Crippen molar-refractivity contribution in [2.75, 3.05) is 26.2 Å². The Morgan fingerprint density at radius 3 is 2.27 bits per heavy atom. The van der Waals surface area contributed by atoms with Crippen molar-refractivity contribution in [1.82, 2.24) is 19.4 Å². The molecule has 4 rings (SSSR count). The summed E-state index contributed by atoms with van der Waals surface area (Å²) in [5.41, 5.74) is -0.600. The number of hydrogen-bond donors (Lipinski definition) is 1. The first-order chi connectivity index (χ1) is 14.5. The van der Waals surface area contributed by atoms with E-state index in [1.165, 1.54) is 30.3 Å². The van der Waals surface area contributed by atoms with Gasteiger partial charge in [-0.2, -0.15) is 0 Å². The fraction of sp³-hybridized carbons (Fsp3) is 0.545. The number of aromatic amines is 1. The lowest BCUT2D eigenvalue weighted by Crippen LogP contribution is -2.51. The number of nitrogens with one attached hydrogen (secondary N) is 1. The normalized spacial score (nSPS) is 17.6. The lowest BCUT2D eigenvalue weighted by molar-refractivity contribution is -0.140. The molecule has 0 unspecified atom stereocenters. The van der Waals surface area contributed by atoms with Crippen molar-refractivity contribution in [3.8, 4) is 0 Å². The summed E-state index contributed by atoms with van der Waals surface area (Å²) >= 11 is 0. The molecular formula is C22H28N4O4. The summed E-state index contributed by atoms with van der Waals surface area (Å²) in [6, 6.07) is 6.75. The molecule has 30 heavy (non-hydrogen) atoms. The van der Waals surface area contributed by atoms with Gasteiger partial charge in [0.25, 0.3) is 5.56 Å². The molecule has 2 aliphatic rings. The lowest BCUT2D eigenvalue weighted by atomic mass is 10.0. The second-order valence-corrected chi connectivity index (χ2v) is 8.31. The Morgan fingerprint density at radius 1 is 0.933 bits per heavy atom. The second-order valence-electron chi connectivity index (χ2n) is 8.31. The van der Waals surface area contributed by atoms with Gasteiger partial charge in [0.15, 0.2) is 0 Å². The average Bonchev–Trinajstić information content (AvgIpc) is 3.28. The highest BCUT2D eigenvalue weighted by Gasteiger charge is 2.25. The van der Waals surface area contributed by atoms with Gasteiger partial charge in [-0.15, -0.1) is 0 Å². The van der Waals surface area contributed by atoms with Crippen LogP contribution in [-0.4, -0.2) is 57.3 Å². The summed E-state index contributed by atoms with van der Waals surface area (Å²) in [6.45, 7) is 1.84. The molecule has 0 atom stereocenters. The highest BCUT2D eigenvalue weighted by atomic mass is 16.2. The van der Waals surface area contributed by atoms with Crippen LogP contribution in [0.3, 0.4) is 0 Å². The molecule has 2 amide bonds. The zero-order chi connectivity index (χ0) is 21.1. The number of aromatic nitrogens is 2. The Kier molecular flexibility index (Phi) is 6.01. The number of piperazine rings is 1. The van der Waals surface area contributed by atoms with E-state index in [4.69, 9.17) is 0 Å². The van der Waals surface area contributed by atoms with Crippen molar-refractivity contribution in [3.63, 3.8) is 0 Å². The molecule has 160 valence electrons. The Hall–Kier alpha value is -2.90. The molecule has 1 aliphatic carbocycles. The number of carbonyl (C=O) groups excluding carboxylic acids is 2. The topological polar surface area (TPSA) is 95.5 Å². The number of fused-ring (bicyclic) bond motifs is 1. The van der Waals surface area contributed by atoms with E-state index in [2.05, 4.69) is 4.98 Å². The number of nitrogens with zero attached hydrogens (tertiary/aromatic N) is 3. The summed E-state index contributed by atoms with van der Waals surface area (Å²) in [4.78, 5) is 55.3. The first-order valence-corrected chi connectivity index (χ1v) is 10.8. The maximum absolute atomic E-state index is 12.8. The highest BCUT2D eigenvalue weighted by molar-refractivity contribution is 5.82. The first-order valence-electron chi connectivity index (χ1n) is 10.8. The van der Waals surface area contributed by atoms with Crippen LogP contribution < -0.4 is 11.2 Å². The fourth-order valence-corrected chi connectivity index (χ4v) is 4.62. The highest BCUT2D eigenvalue weighted by Crippen LogP contribution is 2.28. The van der Waals surface area contributed by atoms with Crippen LogP contribution in [0.15, 0.2) is 33.9 Å². The number of para-hydroxylation sites is 1. The molecule has 8 heteroatoms. The van der Waals surface area contributed by atoms with E-state index in [1.807, 2.05) is 4.90 Å².